The molecule has 0 saturated heterocycles. The van der Waals surface area contributed by atoms with Crippen LogP contribution in [0, 0.1) is 13.8 Å². The highest BCUT2D eigenvalue weighted by Gasteiger charge is 2.35. The normalized spacial score (nSPS) is 16.3. The molecule has 0 spiro atoms. The van der Waals surface area contributed by atoms with E-state index in [9.17, 15) is 9.59 Å². The summed E-state index contributed by atoms with van der Waals surface area (Å²) in [5.41, 5.74) is 1.41. The summed E-state index contributed by atoms with van der Waals surface area (Å²) in [7, 11) is 0. The summed E-state index contributed by atoms with van der Waals surface area (Å²) < 4.78 is 10.7. The van der Waals surface area contributed by atoms with E-state index in [-0.39, 0.29) is 6.04 Å². The second-order valence-electron chi connectivity index (χ2n) is 6.22. The van der Waals surface area contributed by atoms with Gasteiger partial charge in [0.15, 0.2) is 6.61 Å². The Balaban J connectivity index is 1.50. The fourth-order valence-corrected chi connectivity index (χ4v) is 4.55. The van der Waals surface area contributed by atoms with Crippen molar-refractivity contribution in [3.63, 3.8) is 0 Å². The zero-order valence-corrected chi connectivity index (χ0v) is 16.9. The van der Waals surface area contributed by atoms with E-state index in [0.717, 1.165) is 15.6 Å². The predicted octanol–water partition coefficient (Wildman–Crippen LogP) is 3.95. The number of ether oxygens (including phenoxy) is 1. The van der Waals surface area contributed by atoms with E-state index in [0.29, 0.717) is 22.8 Å². The van der Waals surface area contributed by atoms with Gasteiger partial charge >= 0.3 is 5.97 Å². The number of furan rings is 1. The van der Waals surface area contributed by atoms with Crippen LogP contribution in [0.4, 0.5) is 0 Å². The average molecular weight is 415 g/mol. The number of esters is 1. The second-order valence-corrected chi connectivity index (χ2v) is 8.37. The summed E-state index contributed by atoms with van der Waals surface area (Å²) in [6.07, 6.45) is 2.11. The van der Waals surface area contributed by atoms with Crippen molar-refractivity contribution in [3.05, 3.63) is 62.1 Å². The fourth-order valence-electron chi connectivity index (χ4n) is 3.01. The van der Waals surface area contributed by atoms with Crippen molar-refractivity contribution in [1.82, 2.24) is 9.99 Å². The molecule has 4 heterocycles. The van der Waals surface area contributed by atoms with Crippen molar-refractivity contribution in [3.8, 4) is 0 Å². The fraction of sp³-hybridized carbons (Fsp3) is 0.263. The van der Waals surface area contributed by atoms with Crippen molar-refractivity contribution in [2.75, 3.05) is 6.61 Å². The summed E-state index contributed by atoms with van der Waals surface area (Å²) in [5, 5.41) is 8.58. The molecule has 4 rings (SSSR count). The molecular formula is C19H17N3O4S2. The predicted molar refractivity (Wildman–Crippen MR) is 106 cm³/mol. The Morgan fingerprint density at radius 2 is 2.18 bits per heavy atom. The largest absolute Gasteiger partial charge is 0.467 e. The van der Waals surface area contributed by atoms with Crippen molar-refractivity contribution >= 4 is 40.3 Å². The Morgan fingerprint density at radius 3 is 2.82 bits per heavy atom. The van der Waals surface area contributed by atoms with E-state index >= 15 is 0 Å². The third-order valence-corrected chi connectivity index (χ3v) is 6.23. The number of carbonyl (C=O) groups is 2. The van der Waals surface area contributed by atoms with E-state index in [4.69, 9.17) is 9.15 Å². The molecule has 0 bridgehead atoms. The topological polar surface area (TPSA) is 85.0 Å². The lowest BCUT2D eigenvalue weighted by atomic mass is 10.1. The van der Waals surface area contributed by atoms with E-state index in [1.54, 1.807) is 30.6 Å². The van der Waals surface area contributed by atoms with E-state index in [1.165, 1.54) is 16.3 Å². The number of aryl methyl sites for hydroxylation is 2. The molecule has 1 unspecified atom stereocenters. The molecule has 0 aliphatic carbocycles. The van der Waals surface area contributed by atoms with E-state index in [1.807, 2.05) is 30.5 Å². The zero-order valence-electron chi connectivity index (χ0n) is 15.2. The Bertz CT molecular complexity index is 1020. The van der Waals surface area contributed by atoms with E-state index < -0.39 is 18.5 Å². The Kier molecular flexibility index (Phi) is 5.10. The van der Waals surface area contributed by atoms with Crippen molar-refractivity contribution in [2.24, 2.45) is 5.10 Å². The highest BCUT2D eigenvalue weighted by molar-refractivity contribution is 7.13. The number of amides is 1. The third kappa shape index (κ3) is 3.63. The first-order chi connectivity index (χ1) is 13.5. The Labute approximate surface area is 169 Å². The molecule has 1 aliphatic heterocycles. The molecule has 9 heteroatoms. The summed E-state index contributed by atoms with van der Waals surface area (Å²) in [6.45, 7) is 3.17. The van der Waals surface area contributed by atoms with Gasteiger partial charge in [-0.25, -0.2) is 14.8 Å². The van der Waals surface area contributed by atoms with Crippen molar-refractivity contribution < 1.29 is 18.7 Å². The smallest absolute Gasteiger partial charge is 0.350 e. The van der Waals surface area contributed by atoms with Gasteiger partial charge in [-0.15, -0.1) is 22.7 Å². The lowest BCUT2D eigenvalue weighted by Crippen LogP contribution is -2.31. The Hall–Kier alpha value is -2.78. The Morgan fingerprint density at radius 1 is 1.32 bits per heavy atom. The summed E-state index contributed by atoms with van der Waals surface area (Å²) in [5.74, 6) is -0.309. The number of thiophene rings is 1. The van der Waals surface area contributed by atoms with Gasteiger partial charge in [-0.1, -0.05) is 6.07 Å². The molecule has 3 aromatic heterocycles. The maximum atomic E-state index is 12.8. The van der Waals surface area contributed by atoms with Gasteiger partial charge in [-0.2, -0.15) is 5.10 Å². The number of hydrazone groups is 1. The first-order valence-corrected chi connectivity index (χ1v) is 10.3. The van der Waals surface area contributed by atoms with E-state index in [2.05, 4.69) is 10.1 Å². The number of thiazole rings is 1. The zero-order chi connectivity index (χ0) is 19.7. The minimum atomic E-state index is -0.548. The summed E-state index contributed by atoms with van der Waals surface area (Å²) in [6, 6.07) is 7.14. The lowest BCUT2D eigenvalue weighted by molar-refractivity contribution is -0.136. The summed E-state index contributed by atoms with van der Waals surface area (Å²) in [4.78, 5) is 30.7. The first-order valence-electron chi connectivity index (χ1n) is 8.61. The van der Waals surface area contributed by atoms with Crippen LogP contribution in [0.3, 0.4) is 0 Å². The van der Waals surface area contributed by atoms with Gasteiger partial charge in [0.05, 0.1) is 27.6 Å². The maximum Gasteiger partial charge on any atom is 0.350 e. The van der Waals surface area contributed by atoms with Crippen LogP contribution in [-0.4, -0.2) is 34.2 Å². The standard InChI is InChI=1S/C19H17N3O4S2/c1-11-18(28-12(2)20-11)19(24)26-10-17(23)22-14(15-5-3-7-25-15)9-13(21-22)16-6-4-8-27-16/h3-8,14H,9-10H2,1-2H3. The number of hydrogen-bond donors (Lipinski definition) is 0. The van der Waals surface area contributed by atoms with Crippen LogP contribution in [0.5, 0.6) is 0 Å². The molecule has 1 amide bonds. The van der Waals surface area contributed by atoms with Gasteiger partial charge in [-0.3, -0.25) is 4.79 Å². The lowest BCUT2D eigenvalue weighted by Gasteiger charge is -2.19. The SMILES string of the molecule is Cc1nc(C)c(C(=O)OCC(=O)N2N=C(c3cccs3)CC2c2ccco2)s1. The molecule has 0 saturated carbocycles. The van der Waals surface area contributed by atoms with Crippen molar-refractivity contribution in [1.29, 1.82) is 0 Å². The van der Waals surface area contributed by atoms with Crippen molar-refractivity contribution in [2.45, 2.75) is 26.3 Å². The van der Waals surface area contributed by atoms with Crippen LogP contribution >= 0.6 is 22.7 Å². The van der Waals surface area contributed by atoms with Crippen LogP contribution in [0.2, 0.25) is 0 Å². The van der Waals surface area contributed by atoms with Gasteiger partial charge in [-0.05, 0) is 37.4 Å². The second kappa shape index (κ2) is 7.69. The van der Waals surface area contributed by atoms with Gasteiger partial charge in [0, 0.05) is 6.42 Å². The van der Waals surface area contributed by atoms with Gasteiger partial charge < -0.3 is 9.15 Å². The monoisotopic (exact) mass is 415 g/mol. The quantitative estimate of drug-likeness (QED) is 0.589. The molecule has 1 aliphatic rings. The van der Waals surface area contributed by atoms with Crippen LogP contribution in [0.15, 0.2) is 45.4 Å². The summed E-state index contributed by atoms with van der Waals surface area (Å²) >= 11 is 2.81. The number of rotatable bonds is 5. The van der Waals surface area contributed by atoms with Crippen LogP contribution in [0.1, 0.15) is 43.5 Å². The molecule has 0 radical (unpaired) electrons. The van der Waals surface area contributed by atoms with Gasteiger partial charge in [0.2, 0.25) is 0 Å². The number of aromatic nitrogens is 1. The average Bonchev–Trinajstić information content (AvgIpc) is 3.44. The molecule has 7 nitrogen and oxygen atoms in total. The van der Waals surface area contributed by atoms with Crippen LogP contribution in [-0.2, 0) is 9.53 Å². The molecular weight excluding hydrogens is 398 g/mol. The minimum absolute atomic E-state index is 0.356. The molecule has 144 valence electrons. The van der Waals surface area contributed by atoms with Crippen LogP contribution in [0.25, 0.3) is 0 Å². The minimum Gasteiger partial charge on any atom is -0.467 e. The highest BCUT2D eigenvalue weighted by Crippen LogP contribution is 2.34. The highest BCUT2D eigenvalue weighted by atomic mass is 32.1. The molecule has 0 fully saturated rings. The number of carbonyl (C=O) groups excluding carboxylic acids is 2. The third-order valence-electron chi connectivity index (χ3n) is 4.26. The molecule has 1 atom stereocenters. The number of nitrogens with zero attached hydrogens (tertiary/aromatic N) is 3. The maximum absolute atomic E-state index is 12.8. The van der Waals surface area contributed by atoms with Gasteiger partial charge in [0.25, 0.3) is 5.91 Å². The molecule has 0 aromatic carbocycles. The molecule has 0 N–H and O–H groups in total. The molecule has 28 heavy (non-hydrogen) atoms. The van der Waals surface area contributed by atoms with Crippen LogP contribution < -0.4 is 0 Å². The molecule has 3 aromatic rings. The first kappa shape index (κ1) is 18.6. The number of hydrogen-bond acceptors (Lipinski definition) is 8. The van der Waals surface area contributed by atoms with Gasteiger partial charge in [0.1, 0.15) is 16.7 Å².